The SMILES string of the molecule is COc1cc(C=CC(=O)N[C@H](CC(=O)O)[C@@H]2CCOC(C)(C)C2)ccc1O. The number of aliphatic carboxylic acids is 1. The number of aromatic hydroxyl groups is 1. The second-order valence-corrected chi connectivity index (χ2v) is 7.34. The summed E-state index contributed by atoms with van der Waals surface area (Å²) in [6.45, 7) is 4.49. The summed E-state index contributed by atoms with van der Waals surface area (Å²) in [5, 5.41) is 21.6. The summed E-state index contributed by atoms with van der Waals surface area (Å²) in [5.74, 6) is -0.945. The molecule has 1 aliphatic rings. The minimum Gasteiger partial charge on any atom is -0.504 e. The second-order valence-electron chi connectivity index (χ2n) is 7.34. The fraction of sp³-hybridized carbons (Fsp3) is 0.500. The van der Waals surface area contributed by atoms with Crippen molar-refractivity contribution in [3.8, 4) is 11.5 Å². The second kappa shape index (κ2) is 8.90. The molecule has 0 spiro atoms. The highest BCUT2D eigenvalue weighted by Crippen LogP contribution is 2.32. The van der Waals surface area contributed by atoms with Gasteiger partial charge in [-0.2, -0.15) is 0 Å². The van der Waals surface area contributed by atoms with E-state index >= 15 is 0 Å². The molecule has 1 aromatic carbocycles. The molecule has 0 aliphatic carbocycles. The van der Waals surface area contributed by atoms with Crippen LogP contribution in [-0.4, -0.2) is 47.4 Å². The summed E-state index contributed by atoms with van der Waals surface area (Å²) in [5.41, 5.74) is 0.352. The number of rotatable bonds is 7. The number of ether oxygens (including phenoxy) is 2. The third-order valence-electron chi connectivity index (χ3n) is 4.66. The van der Waals surface area contributed by atoms with Crippen molar-refractivity contribution in [1.29, 1.82) is 0 Å². The zero-order valence-electron chi connectivity index (χ0n) is 15.9. The van der Waals surface area contributed by atoms with Crippen LogP contribution in [0.1, 0.15) is 38.7 Å². The van der Waals surface area contributed by atoms with Crippen molar-refractivity contribution in [3.05, 3.63) is 29.8 Å². The summed E-state index contributed by atoms with van der Waals surface area (Å²) in [6, 6.07) is 4.28. The number of carbonyl (C=O) groups is 2. The summed E-state index contributed by atoms with van der Waals surface area (Å²) in [4.78, 5) is 23.6. The molecule has 0 saturated carbocycles. The molecule has 1 aromatic rings. The van der Waals surface area contributed by atoms with E-state index in [1.165, 1.54) is 19.3 Å². The van der Waals surface area contributed by atoms with Crippen LogP contribution in [0.2, 0.25) is 0 Å². The smallest absolute Gasteiger partial charge is 0.305 e. The van der Waals surface area contributed by atoms with E-state index in [9.17, 15) is 19.8 Å². The molecule has 2 rings (SSSR count). The number of hydrogen-bond donors (Lipinski definition) is 3. The number of methoxy groups -OCH3 is 1. The average Bonchev–Trinajstić information content (AvgIpc) is 2.59. The van der Waals surface area contributed by atoms with Gasteiger partial charge in [0, 0.05) is 18.7 Å². The first-order chi connectivity index (χ1) is 12.7. The van der Waals surface area contributed by atoms with Crippen LogP contribution < -0.4 is 10.1 Å². The Morgan fingerprint density at radius 2 is 2.19 bits per heavy atom. The fourth-order valence-corrected chi connectivity index (χ4v) is 3.35. The lowest BCUT2D eigenvalue weighted by molar-refractivity contribution is -0.139. The first kappa shape index (κ1) is 20.8. The van der Waals surface area contributed by atoms with Gasteiger partial charge in [0.1, 0.15) is 0 Å². The molecule has 0 bridgehead atoms. The number of nitrogens with one attached hydrogen (secondary N) is 1. The lowest BCUT2D eigenvalue weighted by atomic mass is 9.82. The van der Waals surface area contributed by atoms with Crippen molar-refractivity contribution in [3.63, 3.8) is 0 Å². The van der Waals surface area contributed by atoms with Gasteiger partial charge in [-0.1, -0.05) is 6.07 Å². The maximum Gasteiger partial charge on any atom is 0.305 e. The Balaban J connectivity index is 2.05. The zero-order chi connectivity index (χ0) is 20.0. The Morgan fingerprint density at radius 3 is 2.81 bits per heavy atom. The van der Waals surface area contributed by atoms with Gasteiger partial charge in [0.05, 0.1) is 19.1 Å². The number of carboxylic acid groups (broad SMARTS) is 1. The van der Waals surface area contributed by atoms with Crippen molar-refractivity contribution >= 4 is 18.0 Å². The summed E-state index contributed by atoms with van der Waals surface area (Å²) >= 11 is 0. The molecule has 1 amide bonds. The number of carbonyl (C=O) groups excluding carboxylic acids is 1. The van der Waals surface area contributed by atoms with Crippen LogP contribution in [0.25, 0.3) is 6.08 Å². The van der Waals surface area contributed by atoms with E-state index in [1.807, 2.05) is 13.8 Å². The van der Waals surface area contributed by atoms with Crippen molar-refractivity contribution in [2.75, 3.05) is 13.7 Å². The van der Waals surface area contributed by atoms with E-state index < -0.39 is 12.0 Å². The zero-order valence-corrected chi connectivity index (χ0v) is 15.9. The van der Waals surface area contributed by atoms with E-state index in [4.69, 9.17) is 9.47 Å². The number of amides is 1. The maximum atomic E-state index is 12.3. The standard InChI is InChI=1S/C20H27NO6/c1-20(2)12-14(8-9-27-20)15(11-19(24)25)21-18(23)7-5-13-4-6-16(22)17(10-13)26-3/h4-7,10,14-15,22H,8-9,11-12H2,1-3H3,(H,21,23)(H,24,25)/t14-,15-/m1/s1. The summed E-state index contributed by atoms with van der Waals surface area (Å²) < 4.78 is 10.7. The molecule has 1 fully saturated rings. The predicted octanol–water partition coefficient (Wildman–Crippen LogP) is 2.58. The molecule has 148 valence electrons. The predicted molar refractivity (Wildman–Crippen MR) is 101 cm³/mol. The monoisotopic (exact) mass is 377 g/mol. The lowest BCUT2D eigenvalue weighted by Gasteiger charge is -2.39. The Labute approximate surface area is 159 Å². The number of carboxylic acids is 1. The molecule has 3 N–H and O–H groups in total. The van der Waals surface area contributed by atoms with E-state index in [0.29, 0.717) is 30.8 Å². The van der Waals surface area contributed by atoms with Gasteiger partial charge in [0.25, 0.3) is 0 Å². The molecule has 0 unspecified atom stereocenters. The Hall–Kier alpha value is -2.54. The van der Waals surface area contributed by atoms with Gasteiger partial charge in [0.15, 0.2) is 11.5 Å². The maximum absolute atomic E-state index is 12.3. The van der Waals surface area contributed by atoms with Crippen LogP contribution >= 0.6 is 0 Å². The molecule has 7 heteroatoms. The summed E-state index contributed by atoms with van der Waals surface area (Å²) in [7, 11) is 1.45. The third kappa shape index (κ3) is 6.29. The number of phenols is 1. The first-order valence-corrected chi connectivity index (χ1v) is 8.91. The van der Waals surface area contributed by atoms with Crippen LogP contribution in [0, 0.1) is 5.92 Å². The fourth-order valence-electron chi connectivity index (χ4n) is 3.35. The van der Waals surface area contributed by atoms with Gasteiger partial charge in [-0.05, 0) is 56.4 Å². The highest BCUT2D eigenvalue weighted by Gasteiger charge is 2.34. The number of hydrogen-bond acceptors (Lipinski definition) is 5. The molecule has 0 aromatic heterocycles. The molecule has 1 saturated heterocycles. The van der Waals surface area contributed by atoms with Crippen molar-refractivity contribution in [2.45, 2.75) is 44.8 Å². The molecule has 1 heterocycles. The molecular formula is C20H27NO6. The van der Waals surface area contributed by atoms with Gasteiger partial charge < -0.3 is 25.0 Å². The van der Waals surface area contributed by atoms with Crippen LogP contribution in [0.3, 0.4) is 0 Å². The molecular weight excluding hydrogens is 350 g/mol. The molecule has 7 nitrogen and oxygen atoms in total. The van der Waals surface area contributed by atoms with E-state index in [1.54, 1.807) is 18.2 Å². The largest absolute Gasteiger partial charge is 0.504 e. The Bertz CT molecular complexity index is 712. The highest BCUT2D eigenvalue weighted by atomic mass is 16.5. The Kier molecular flexibility index (Phi) is 6.85. The number of phenolic OH excluding ortho intramolecular Hbond substituents is 1. The van der Waals surface area contributed by atoms with Gasteiger partial charge in [-0.3, -0.25) is 9.59 Å². The topological polar surface area (TPSA) is 105 Å². The third-order valence-corrected chi connectivity index (χ3v) is 4.66. The first-order valence-electron chi connectivity index (χ1n) is 8.91. The van der Waals surface area contributed by atoms with Gasteiger partial charge in [-0.25, -0.2) is 0 Å². The normalized spacial score (nSPS) is 20.2. The average molecular weight is 377 g/mol. The van der Waals surface area contributed by atoms with E-state index in [-0.39, 0.29) is 29.6 Å². The van der Waals surface area contributed by atoms with Gasteiger partial charge in [0.2, 0.25) is 5.91 Å². The van der Waals surface area contributed by atoms with Gasteiger partial charge >= 0.3 is 5.97 Å². The molecule has 27 heavy (non-hydrogen) atoms. The van der Waals surface area contributed by atoms with Crippen molar-refractivity contribution in [1.82, 2.24) is 5.32 Å². The molecule has 0 radical (unpaired) electrons. The van der Waals surface area contributed by atoms with Crippen LogP contribution in [0.15, 0.2) is 24.3 Å². The van der Waals surface area contributed by atoms with Crippen molar-refractivity contribution < 1.29 is 29.3 Å². The van der Waals surface area contributed by atoms with Crippen LogP contribution in [0.5, 0.6) is 11.5 Å². The highest BCUT2D eigenvalue weighted by molar-refractivity contribution is 5.92. The van der Waals surface area contributed by atoms with Gasteiger partial charge in [-0.15, -0.1) is 0 Å². The van der Waals surface area contributed by atoms with E-state index in [2.05, 4.69) is 5.32 Å². The van der Waals surface area contributed by atoms with E-state index in [0.717, 1.165) is 0 Å². The minimum absolute atomic E-state index is 0.0164. The lowest BCUT2D eigenvalue weighted by Crippen LogP contribution is -2.46. The summed E-state index contributed by atoms with van der Waals surface area (Å²) in [6.07, 6.45) is 4.20. The Morgan fingerprint density at radius 1 is 1.44 bits per heavy atom. The molecule has 1 aliphatic heterocycles. The molecule has 2 atom stereocenters. The quantitative estimate of drug-likeness (QED) is 0.631. The van der Waals surface area contributed by atoms with Crippen LogP contribution in [0.4, 0.5) is 0 Å². The minimum atomic E-state index is -0.947. The van der Waals surface area contributed by atoms with Crippen LogP contribution in [-0.2, 0) is 14.3 Å². The number of benzene rings is 1. The van der Waals surface area contributed by atoms with Crippen molar-refractivity contribution in [2.24, 2.45) is 5.92 Å².